The number of benzene rings is 1. The van der Waals surface area contributed by atoms with Crippen molar-refractivity contribution in [3.63, 3.8) is 0 Å². The second kappa shape index (κ2) is 5.41. The van der Waals surface area contributed by atoms with Crippen LogP contribution in [0.4, 0.5) is 0 Å². The van der Waals surface area contributed by atoms with Crippen LogP contribution < -0.4 is 0 Å². The molecule has 0 heterocycles. The van der Waals surface area contributed by atoms with E-state index in [2.05, 4.69) is 44.2 Å². The Balaban J connectivity index is 2.29. The molecule has 0 aliphatic rings. The summed E-state index contributed by atoms with van der Waals surface area (Å²) in [5.41, 5.74) is 1.72. The van der Waals surface area contributed by atoms with Gasteiger partial charge in [-0.2, -0.15) is 0 Å². The van der Waals surface area contributed by atoms with Crippen LogP contribution in [-0.4, -0.2) is 5.88 Å². The quantitative estimate of drug-likeness (QED) is 0.637. The Morgan fingerprint density at radius 2 is 1.79 bits per heavy atom. The Hall–Kier alpha value is -0.490. The van der Waals surface area contributed by atoms with Gasteiger partial charge in [0.25, 0.3) is 0 Å². The summed E-state index contributed by atoms with van der Waals surface area (Å²) in [6, 6.07) is 10.6. The summed E-state index contributed by atoms with van der Waals surface area (Å²) in [7, 11) is 0. The SMILES string of the molecule is CC(C)(CCl)CCCc1ccccc1. The summed E-state index contributed by atoms with van der Waals surface area (Å²) in [4.78, 5) is 0. The first kappa shape index (κ1) is 11.6. The van der Waals surface area contributed by atoms with Crippen molar-refractivity contribution in [2.75, 3.05) is 5.88 Å². The van der Waals surface area contributed by atoms with E-state index < -0.39 is 0 Å². The van der Waals surface area contributed by atoms with E-state index in [4.69, 9.17) is 11.6 Å². The van der Waals surface area contributed by atoms with Gasteiger partial charge in [0, 0.05) is 5.88 Å². The van der Waals surface area contributed by atoms with E-state index in [9.17, 15) is 0 Å². The third-order valence-electron chi connectivity index (χ3n) is 2.52. The Labute approximate surface area is 92.3 Å². The van der Waals surface area contributed by atoms with E-state index in [0.717, 1.165) is 5.88 Å². The lowest BCUT2D eigenvalue weighted by Crippen LogP contribution is -2.13. The molecule has 0 unspecified atom stereocenters. The van der Waals surface area contributed by atoms with Crippen molar-refractivity contribution in [1.82, 2.24) is 0 Å². The molecule has 0 spiro atoms. The van der Waals surface area contributed by atoms with E-state index in [0.29, 0.717) is 0 Å². The van der Waals surface area contributed by atoms with Crippen LogP contribution in [-0.2, 0) is 6.42 Å². The van der Waals surface area contributed by atoms with Gasteiger partial charge in [-0.1, -0.05) is 44.2 Å². The van der Waals surface area contributed by atoms with Crippen LogP contribution in [0.25, 0.3) is 0 Å². The van der Waals surface area contributed by atoms with Gasteiger partial charge in [-0.15, -0.1) is 11.6 Å². The Morgan fingerprint density at radius 3 is 2.36 bits per heavy atom. The molecular formula is C13H19Cl. The first-order valence-electron chi connectivity index (χ1n) is 5.24. The molecule has 0 atom stereocenters. The van der Waals surface area contributed by atoms with Gasteiger partial charge in [0.2, 0.25) is 0 Å². The molecule has 1 rings (SSSR count). The highest BCUT2D eigenvalue weighted by molar-refractivity contribution is 6.18. The highest BCUT2D eigenvalue weighted by Gasteiger charge is 2.15. The van der Waals surface area contributed by atoms with Gasteiger partial charge in [0.15, 0.2) is 0 Å². The first-order valence-corrected chi connectivity index (χ1v) is 5.77. The molecule has 0 bridgehead atoms. The number of aryl methyl sites for hydroxylation is 1. The number of halogens is 1. The molecule has 1 aromatic rings. The van der Waals surface area contributed by atoms with E-state index in [1.807, 2.05) is 0 Å². The number of hydrogen-bond acceptors (Lipinski definition) is 0. The fourth-order valence-corrected chi connectivity index (χ4v) is 1.62. The molecule has 1 aromatic carbocycles. The second-order valence-corrected chi connectivity index (χ2v) is 4.90. The van der Waals surface area contributed by atoms with Gasteiger partial charge < -0.3 is 0 Å². The van der Waals surface area contributed by atoms with E-state index in [-0.39, 0.29) is 5.41 Å². The zero-order valence-corrected chi connectivity index (χ0v) is 9.85. The summed E-state index contributed by atoms with van der Waals surface area (Å²) < 4.78 is 0. The molecule has 0 aliphatic carbocycles. The smallest absolute Gasteiger partial charge is 0.0274 e. The van der Waals surface area contributed by atoms with Crippen LogP contribution >= 0.6 is 11.6 Å². The normalized spacial score (nSPS) is 11.6. The van der Waals surface area contributed by atoms with Crippen LogP contribution in [0.3, 0.4) is 0 Å². The van der Waals surface area contributed by atoms with Crippen molar-refractivity contribution in [3.8, 4) is 0 Å². The number of hydrogen-bond donors (Lipinski definition) is 0. The van der Waals surface area contributed by atoms with E-state index in [1.165, 1.54) is 24.8 Å². The average Bonchev–Trinajstić information content (AvgIpc) is 2.19. The molecule has 0 N–H and O–H groups in total. The molecule has 14 heavy (non-hydrogen) atoms. The lowest BCUT2D eigenvalue weighted by Gasteiger charge is -2.20. The number of alkyl halides is 1. The van der Waals surface area contributed by atoms with Gasteiger partial charge in [0.05, 0.1) is 0 Å². The van der Waals surface area contributed by atoms with Crippen LogP contribution in [0.5, 0.6) is 0 Å². The maximum atomic E-state index is 5.87. The van der Waals surface area contributed by atoms with Gasteiger partial charge in [-0.05, 0) is 30.2 Å². The topological polar surface area (TPSA) is 0 Å². The van der Waals surface area contributed by atoms with Crippen molar-refractivity contribution < 1.29 is 0 Å². The second-order valence-electron chi connectivity index (χ2n) is 4.64. The van der Waals surface area contributed by atoms with E-state index >= 15 is 0 Å². The highest BCUT2D eigenvalue weighted by atomic mass is 35.5. The molecule has 0 saturated heterocycles. The Morgan fingerprint density at radius 1 is 1.14 bits per heavy atom. The Bertz CT molecular complexity index is 251. The van der Waals surface area contributed by atoms with Gasteiger partial charge in [-0.3, -0.25) is 0 Å². The van der Waals surface area contributed by atoms with Crippen molar-refractivity contribution in [2.24, 2.45) is 5.41 Å². The van der Waals surface area contributed by atoms with E-state index in [1.54, 1.807) is 0 Å². The molecular weight excluding hydrogens is 192 g/mol. The third-order valence-corrected chi connectivity index (χ3v) is 3.25. The summed E-state index contributed by atoms with van der Waals surface area (Å²) in [6.07, 6.45) is 3.59. The van der Waals surface area contributed by atoms with Crippen LogP contribution in [0, 0.1) is 5.41 Å². The zero-order chi connectivity index (χ0) is 10.4. The Kier molecular flexibility index (Phi) is 4.47. The highest BCUT2D eigenvalue weighted by Crippen LogP contribution is 2.24. The summed E-state index contributed by atoms with van der Waals surface area (Å²) in [6.45, 7) is 4.45. The predicted octanol–water partition coefficient (Wildman–Crippen LogP) is 4.27. The molecule has 0 fully saturated rings. The molecule has 0 saturated carbocycles. The van der Waals surface area contributed by atoms with Crippen molar-refractivity contribution in [2.45, 2.75) is 33.1 Å². The minimum Gasteiger partial charge on any atom is -0.126 e. The standard InChI is InChI=1S/C13H19Cl/c1-13(2,11-14)10-6-9-12-7-4-3-5-8-12/h3-5,7-8H,6,9-11H2,1-2H3. The molecule has 0 aromatic heterocycles. The monoisotopic (exact) mass is 210 g/mol. The average molecular weight is 211 g/mol. The van der Waals surface area contributed by atoms with Crippen LogP contribution in [0.15, 0.2) is 30.3 Å². The van der Waals surface area contributed by atoms with Crippen molar-refractivity contribution in [1.29, 1.82) is 0 Å². The molecule has 0 aliphatic heterocycles. The van der Waals surface area contributed by atoms with Crippen molar-refractivity contribution in [3.05, 3.63) is 35.9 Å². The molecule has 0 nitrogen and oxygen atoms in total. The van der Waals surface area contributed by atoms with Crippen LogP contribution in [0.2, 0.25) is 0 Å². The maximum Gasteiger partial charge on any atom is 0.0274 e. The van der Waals surface area contributed by atoms with Gasteiger partial charge in [-0.25, -0.2) is 0 Å². The van der Waals surface area contributed by atoms with Crippen molar-refractivity contribution >= 4 is 11.6 Å². The zero-order valence-electron chi connectivity index (χ0n) is 9.09. The molecule has 1 heteroatoms. The summed E-state index contributed by atoms with van der Waals surface area (Å²) in [5.74, 6) is 0.752. The van der Waals surface area contributed by atoms with Gasteiger partial charge >= 0.3 is 0 Å². The molecule has 0 amide bonds. The lowest BCUT2D eigenvalue weighted by molar-refractivity contribution is 0.372. The largest absolute Gasteiger partial charge is 0.126 e. The lowest BCUT2D eigenvalue weighted by atomic mass is 9.89. The van der Waals surface area contributed by atoms with Crippen LogP contribution in [0.1, 0.15) is 32.3 Å². The minimum absolute atomic E-state index is 0.288. The maximum absolute atomic E-state index is 5.87. The fraction of sp³-hybridized carbons (Fsp3) is 0.538. The first-order chi connectivity index (χ1) is 6.64. The molecule has 0 radical (unpaired) electrons. The summed E-state index contributed by atoms with van der Waals surface area (Å²) >= 11 is 5.87. The molecule has 78 valence electrons. The number of rotatable bonds is 5. The van der Waals surface area contributed by atoms with Gasteiger partial charge in [0.1, 0.15) is 0 Å². The minimum atomic E-state index is 0.288. The predicted molar refractivity (Wildman–Crippen MR) is 63.9 cm³/mol. The summed E-state index contributed by atoms with van der Waals surface area (Å²) in [5, 5.41) is 0. The fourth-order valence-electron chi connectivity index (χ4n) is 1.48. The third kappa shape index (κ3) is 4.15.